The average Bonchev–Trinajstić information content (AvgIpc) is 3.22. The van der Waals surface area contributed by atoms with Gasteiger partial charge < -0.3 is 5.32 Å². The molecule has 0 bridgehead atoms. The molecule has 0 radical (unpaired) electrons. The molecular formula is C19H20N6O2. The lowest BCUT2D eigenvalue weighted by Gasteiger charge is -2.13. The summed E-state index contributed by atoms with van der Waals surface area (Å²) in [5.41, 5.74) is 2.93. The predicted octanol–water partition coefficient (Wildman–Crippen LogP) is 0.985. The maximum absolute atomic E-state index is 12.5. The number of Topliss-reactive ketones (excluding diaryl/α,β-unsaturated/α-hetero) is 1. The smallest absolute Gasteiger partial charge is 0.291 e. The third-order valence-electron chi connectivity index (χ3n) is 4.67. The van der Waals surface area contributed by atoms with Crippen LogP contribution in [-0.2, 0) is 31.1 Å². The van der Waals surface area contributed by atoms with E-state index in [9.17, 15) is 9.59 Å². The van der Waals surface area contributed by atoms with E-state index >= 15 is 0 Å². The first-order valence-corrected chi connectivity index (χ1v) is 8.88. The monoisotopic (exact) mass is 364 g/mol. The summed E-state index contributed by atoms with van der Waals surface area (Å²) in [5, 5.41) is 13.9. The highest BCUT2D eigenvalue weighted by atomic mass is 16.2. The molecule has 1 atom stereocenters. The molecule has 2 heterocycles. The molecule has 0 unspecified atom stereocenters. The summed E-state index contributed by atoms with van der Waals surface area (Å²) in [4.78, 5) is 29.2. The molecule has 138 valence electrons. The summed E-state index contributed by atoms with van der Waals surface area (Å²) in [6.45, 7) is 0. The van der Waals surface area contributed by atoms with Gasteiger partial charge in [0.25, 0.3) is 5.91 Å². The van der Waals surface area contributed by atoms with Crippen molar-refractivity contribution in [2.75, 3.05) is 0 Å². The van der Waals surface area contributed by atoms with Gasteiger partial charge in [-0.15, -0.1) is 5.10 Å². The third-order valence-corrected chi connectivity index (χ3v) is 4.67. The molecule has 0 spiro atoms. The van der Waals surface area contributed by atoms with E-state index in [2.05, 4.69) is 25.6 Å². The molecule has 0 saturated carbocycles. The van der Waals surface area contributed by atoms with Crippen LogP contribution in [0, 0.1) is 0 Å². The predicted molar refractivity (Wildman–Crippen MR) is 97.1 cm³/mol. The van der Waals surface area contributed by atoms with E-state index in [0.29, 0.717) is 25.1 Å². The highest BCUT2D eigenvalue weighted by Gasteiger charge is 2.28. The maximum Gasteiger partial charge on any atom is 0.291 e. The molecule has 3 aromatic rings. The van der Waals surface area contributed by atoms with Crippen molar-refractivity contribution in [3.8, 4) is 0 Å². The van der Waals surface area contributed by atoms with Gasteiger partial charge in [0.05, 0.1) is 11.7 Å². The van der Waals surface area contributed by atoms with Crippen LogP contribution in [0.15, 0.2) is 36.5 Å². The zero-order valence-electron chi connectivity index (χ0n) is 15.0. The second-order valence-electron chi connectivity index (χ2n) is 6.75. The second kappa shape index (κ2) is 7.14. The summed E-state index contributed by atoms with van der Waals surface area (Å²) in [7, 11) is 1.84. The Morgan fingerprint density at radius 2 is 2.15 bits per heavy atom. The van der Waals surface area contributed by atoms with E-state index < -0.39 is 11.9 Å². The number of aromatic nitrogens is 5. The fourth-order valence-electron chi connectivity index (χ4n) is 3.34. The number of nitrogens with zero attached hydrogens (tertiary/aromatic N) is 4. The molecule has 0 saturated heterocycles. The van der Waals surface area contributed by atoms with Crippen LogP contribution >= 0.6 is 0 Å². The standard InChI is InChI=1S/C19H20N6O2/c1-25-11-13-10-16(26)15(8-7-14(13)24-25)20-19(27)18-21-17(22-23-18)9-12-5-3-2-4-6-12/h2-6,11,15H,7-10H2,1H3,(H,20,27)(H,21,22,23)/t15-/m0/s1. The SMILES string of the molecule is Cn1cc2c(n1)CC[C@H](NC(=O)c1n[nH]c(Cc3ccccc3)n1)C(=O)C2. The van der Waals surface area contributed by atoms with Crippen molar-refractivity contribution in [3.05, 3.63) is 65.0 Å². The largest absolute Gasteiger partial charge is 0.339 e. The average molecular weight is 364 g/mol. The number of rotatable bonds is 4. The van der Waals surface area contributed by atoms with Gasteiger partial charge in [-0.25, -0.2) is 4.98 Å². The Balaban J connectivity index is 1.40. The Morgan fingerprint density at radius 3 is 2.96 bits per heavy atom. The summed E-state index contributed by atoms with van der Waals surface area (Å²) < 4.78 is 1.72. The number of amides is 1. The molecule has 1 aromatic carbocycles. The van der Waals surface area contributed by atoms with Crippen molar-refractivity contribution in [2.45, 2.75) is 31.7 Å². The van der Waals surface area contributed by atoms with Gasteiger partial charge >= 0.3 is 0 Å². The number of ketones is 1. The maximum atomic E-state index is 12.5. The molecule has 0 fully saturated rings. The third kappa shape index (κ3) is 3.79. The molecule has 2 aromatic heterocycles. The van der Waals surface area contributed by atoms with Crippen molar-refractivity contribution in [1.82, 2.24) is 30.3 Å². The minimum atomic E-state index is -0.548. The molecule has 1 amide bonds. The number of carbonyl (C=O) groups is 2. The van der Waals surface area contributed by atoms with E-state index in [1.165, 1.54) is 0 Å². The Hall–Kier alpha value is -3.29. The first-order chi connectivity index (χ1) is 13.1. The minimum absolute atomic E-state index is 0.0184. The number of aryl methyl sites for hydroxylation is 2. The molecule has 2 N–H and O–H groups in total. The van der Waals surface area contributed by atoms with Gasteiger partial charge in [-0.2, -0.15) is 5.10 Å². The van der Waals surface area contributed by atoms with Crippen LogP contribution in [0.25, 0.3) is 0 Å². The fourth-order valence-corrected chi connectivity index (χ4v) is 3.34. The number of H-pyrrole nitrogens is 1. The molecular weight excluding hydrogens is 344 g/mol. The summed E-state index contributed by atoms with van der Waals surface area (Å²) in [5.74, 6) is 0.198. The van der Waals surface area contributed by atoms with Crippen molar-refractivity contribution < 1.29 is 9.59 Å². The van der Waals surface area contributed by atoms with Crippen LogP contribution < -0.4 is 5.32 Å². The Bertz CT molecular complexity index is 975. The van der Waals surface area contributed by atoms with E-state index in [1.807, 2.05) is 43.6 Å². The van der Waals surface area contributed by atoms with E-state index in [4.69, 9.17) is 0 Å². The molecule has 0 aliphatic heterocycles. The van der Waals surface area contributed by atoms with Crippen molar-refractivity contribution in [1.29, 1.82) is 0 Å². The van der Waals surface area contributed by atoms with Crippen LogP contribution in [0.4, 0.5) is 0 Å². The van der Waals surface area contributed by atoms with Crippen LogP contribution in [0.1, 0.15) is 39.7 Å². The number of aromatic amines is 1. The summed E-state index contributed by atoms with van der Waals surface area (Å²) in [6.07, 6.45) is 3.88. The number of nitrogens with one attached hydrogen (secondary N) is 2. The first kappa shape index (κ1) is 17.1. The molecule has 8 nitrogen and oxygen atoms in total. The van der Waals surface area contributed by atoms with Crippen LogP contribution in [-0.4, -0.2) is 42.7 Å². The van der Waals surface area contributed by atoms with Crippen LogP contribution in [0.2, 0.25) is 0 Å². The lowest BCUT2D eigenvalue weighted by atomic mass is 10.1. The summed E-state index contributed by atoms with van der Waals surface area (Å²) >= 11 is 0. The Morgan fingerprint density at radius 1 is 1.33 bits per heavy atom. The zero-order valence-corrected chi connectivity index (χ0v) is 15.0. The van der Waals surface area contributed by atoms with E-state index in [1.54, 1.807) is 4.68 Å². The van der Waals surface area contributed by atoms with Crippen LogP contribution in [0.5, 0.6) is 0 Å². The van der Waals surface area contributed by atoms with E-state index in [0.717, 1.165) is 16.8 Å². The lowest BCUT2D eigenvalue weighted by Crippen LogP contribution is -2.41. The van der Waals surface area contributed by atoms with Crippen molar-refractivity contribution in [3.63, 3.8) is 0 Å². The van der Waals surface area contributed by atoms with Gasteiger partial charge in [0.2, 0.25) is 5.82 Å². The minimum Gasteiger partial charge on any atom is -0.339 e. The zero-order chi connectivity index (χ0) is 18.8. The number of hydrogen-bond donors (Lipinski definition) is 2. The normalized spacial score (nSPS) is 16.6. The molecule has 4 rings (SSSR count). The van der Waals surface area contributed by atoms with Gasteiger partial charge in [-0.3, -0.25) is 19.4 Å². The van der Waals surface area contributed by atoms with Gasteiger partial charge in [0.1, 0.15) is 5.82 Å². The fraction of sp³-hybridized carbons (Fsp3) is 0.316. The Kier molecular flexibility index (Phi) is 4.53. The van der Waals surface area contributed by atoms with Gasteiger partial charge in [0.15, 0.2) is 5.78 Å². The van der Waals surface area contributed by atoms with Gasteiger partial charge in [-0.1, -0.05) is 30.3 Å². The quantitative estimate of drug-likeness (QED) is 0.672. The van der Waals surface area contributed by atoms with Crippen LogP contribution in [0.3, 0.4) is 0 Å². The molecule has 27 heavy (non-hydrogen) atoms. The van der Waals surface area contributed by atoms with Crippen molar-refractivity contribution in [2.24, 2.45) is 7.05 Å². The topological polar surface area (TPSA) is 106 Å². The highest BCUT2D eigenvalue weighted by molar-refractivity contribution is 5.96. The van der Waals surface area contributed by atoms with Gasteiger partial charge in [-0.05, 0) is 18.4 Å². The second-order valence-corrected chi connectivity index (χ2v) is 6.75. The number of fused-ring (bicyclic) bond motifs is 1. The summed E-state index contributed by atoms with van der Waals surface area (Å²) in [6, 6.07) is 9.26. The van der Waals surface area contributed by atoms with Crippen molar-refractivity contribution >= 4 is 11.7 Å². The molecule has 8 heteroatoms. The Labute approximate surface area is 156 Å². The molecule has 1 aliphatic rings. The number of carbonyl (C=O) groups excluding carboxylic acids is 2. The molecule has 1 aliphatic carbocycles. The number of hydrogen-bond acceptors (Lipinski definition) is 5. The first-order valence-electron chi connectivity index (χ1n) is 8.88. The highest BCUT2D eigenvalue weighted by Crippen LogP contribution is 2.17. The lowest BCUT2D eigenvalue weighted by molar-refractivity contribution is -0.120. The van der Waals surface area contributed by atoms with Gasteiger partial charge in [0, 0.05) is 31.6 Å². The van der Waals surface area contributed by atoms with E-state index in [-0.39, 0.29) is 18.0 Å². The number of benzene rings is 1.